The number of rotatable bonds is 3. The van der Waals surface area contributed by atoms with Gasteiger partial charge in [-0.3, -0.25) is 0 Å². The SMILES string of the molecule is [B]=C1C(C(N)=O)=C(O)C[C@@H]2C[C@@H]3Cc4c(N(C)C)cc(-c5ccnn5C)c(O)c4C(O)=C3C(=O)[C@]12O. The van der Waals surface area contributed by atoms with Crippen LogP contribution in [0.15, 0.2) is 35.2 Å². The summed E-state index contributed by atoms with van der Waals surface area (Å²) < 4.78 is 1.58. The molecule has 11 heteroatoms. The third-order valence-corrected chi connectivity index (χ3v) is 7.72. The predicted molar refractivity (Wildman–Crippen MR) is 134 cm³/mol. The van der Waals surface area contributed by atoms with Gasteiger partial charge >= 0.3 is 208 Å². The van der Waals surface area contributed by atoms with Crippen molar-refractivity contribution in [3.63, 3.8) is 0 Å². The van der Waals surface area contributed by atoms with E-state index in [9.17, 15) is 30.0 Å². The Hall–Kier alpha value is -3.86. The molecule has 5 rings (SSSR count). The number of anilines is 1. The van der Waals surface area contributed by atoms with E-state index in [1.165, 1.54) is 0 Å². The molecule has 2 aromatic rings. The minimum atomic E-state index is -2.33. The molecule has 36 heavy (non-hydrogen) atoms. The number of hydrogen-bond acceptors (Lipinski definition) is 8. The number of hydrogen-bond donors (Lipinski definition) is 5. The summed E-state index contributed by atoms with van der Waals surface area (Å²) in [4.78, 5) is 27.6. The van der Waals surface area contributed by atoms with Gasteiger partial charge in [-0.1, -0.05) is 0 Å². The molecule has 1 fully saturated rings. The number of Topliss-reactive ketones (excluding diaryl/α,β-unsaturated/α-hetero) is 1. The summed E-state index contributed by atoms with van der Waals surface area (Å²) in [6, 6.07) is 3.53. The number of aromatic hydroxyl groups is 1. The maximum atomic E-state index is 13.8. The van der Waals surface area contributed by atoms with Crippen molar-refractivity contribution < 1.29 is 30.0 Å². The normalized spacial score (nSPS) is 25.4. The van der Waals surface area contributed by atoms with Crippen LogP contribution in [0, 0.1) is 11.8 Å². The summed E-state index contributed by atoms with van der Waals surface area (Å²) in [5.74, 6) is -4.30. The van der Waals surface area contributed by atoms with Gasteiger partial charge in [0.15, 0.2) is 0 Å². The van der Waals surface area contributed by atoms with E-state index >= 15 is 0 Å². The van der Waals surface area contributed by atoms with Crippen molar-refractivity contribution in [1.82, 2.24) is 9.78 Å². The van der Waals surface area contributed by atoms with Crippen molar-refractivity contribution in [2.75, 3.05) is 19.0 Å². The number of fused-ring (bicyclic) bond motifs is 3. The van der Waals surface area contributed by atoms with Gasteiger partial charge in [0.25, 0.3) is 0 Å². The van der Waals surface area contributed by atoms with E-state index in [0.717, 1.165) is 5.69 Å². The van der Waals surface area contributed by atoms with Crippen LogP contribution in [0.1, 0.15) is 24.0 Å². The van der Waals surface area contributed by atoms with Crippen LogP contribution in [-0.4, -0.2) is 74.5 Å². The quantitative estimate of drug-likeness (QED) is 0.393. The van der Waals surface area contributed by atoms with E-state index < -0.39 is 45.9 Å². The van der Waals surface area contributed by atoms with E-state index in [2.05, 4.69) is 5.10 Å². The molecule has 1 amide bonds. The van der Waals surface area contributed by atoms with Crippen LogP contribution in [0.2, 0.25) is 0 Å². The first-order valence-corrected chi connectivity index (χ1v) is 11.5. The van der Waals surface area contributed by atoms with Crippen LogP contribution in [0.25, 0.3) is 17.0 Å². The molecule has 0 unspecified atom stereocenters. The number of carbonyl (C=O) groups is 2. The topological polar surface area (TPSA) is 162 Å². The van der Waals surface area contributed by atoms with Gasteiger partial charge in [-0.05, 0) is 0 Å². The van der Waals surface area contributed by atoms with E-state index in [1.54, 1.807) is 24.0 Å². The first kappa shape index (κ1) is 23.9. The van der Waals surface area contributed by atoms with Gasteiger partial charge in [-0.15, -0.1) is 0 Å². The monoisotopic (exact) mass is 489 g/mol. The van der Waals surface area contributed by atoms with Crippen LogP contribution >= 0.6 is 0 Å². The molecule has 1 aromatic carbocycles. The number of phenols is 1. The summed E-state index contributed by atoms with van der Waals surface area (Å²) in [5.41, 5.74) is 4.45. The summed E-state index contributed by atoms with van der Waals surface area (Å²) in [7, 11) is 11.5. The van der Waals surface area contributed by atoms with Gasteiger partial charge in [0.1, 0.15) is 0 Å². The Balaban J connectivity index is 1.74. The molecule has 185 valence electrons. The van der Waals surface area contributed by atoms with Crippen molar-refractivity contribution in [3.05, 3.63) is 46.4 Å². The van der Waals surface area contributed by atoms with E-state index in [-0.39, 0.29) is 35.5 Å². The van der Waals surface area contributed by atoms with Gasteiger partial charge in [0.2, 0.25) is 0 Å². The number of ketones is 1. The molecule has 1 heterocycles. The van der Waals surface area contributed by atoms with E-state index in [0.29, 0.717) is 23.2 Å². The average molecular weight is 489 g/mol. The molecule has 0 saturated heterocycles. The third kappa shape index (κ3) is 3.02. The zero-order valence-corrected chi connectivity index (χ0v) is 20.1. The first-order valence-electron chi connectivity index (χ1n) is 11.5. The molecular weight excluding hydrogens is 463 g/mol. The van der Waals surface area contributed by atoms with Crippen molar-refractivity contribution in [1.29, 1.82) is 0 Å². The van der Waals surface area contributed by atoms with Gasteiger partial charge in [0, 0.05) is 0 Å². The number of carbonyl (C=O) groups excluding carboxylic acids is 2. The fraction of sp³-hybridized carbons (Fsp3) is 0.360. The predicted octanol–water partition coefficient (Wildman–Crippen LogP) is 0.662. The van der Waals surface area contributed by atoms with Crippen LogP contribution in [0.3, 0.4) is 0 Å². The van der Waals surface area contributed by atoms with Crippen LogP contribution in [0.5, 0.6) is 5.75 Å². The molecule has 0 aliphatic heterocycles. The number of amides is 1. The van der Waals surface area contributed by atoms with Crippen LogP contribution in [0.4, 0.5) is 5.69 Å². The maximum absolute atomic E-state index is 13.8. The second-order valence-electron chi connectivity index (χ2n) is 9.88. The van der Waals surface area contributed by atoms with Crippen LogP contribution in [-0.2, 0) is 23.1 Å². The van der Waals surface area contributed by atoms with Gasteiger partial charge < -0.3 is 0 Å². The Kier molecular flexibility index (Phi) is 5.19. The number of nitrogens with two attached hydrogens (primary N) is 1. The molecule has 0 spiro atoms. The number of phenolic OH excluding ortho intramolecular Hbond substituents is 1. The molecule has 10 nitrogen and oxygen atoms in total. The number of aromatic nitrogens is 2. The number of aliphatic hydroxyl groups excluding tert-OH is 2. The van der Waals surface area contributed by atoms with Crippen LogP contribution < -0.4 is 10.6 Å². The molecule has 1 saturated carbocycles. The molecule has 6 N–H and O–H groups in total. The molecular formula is C25H26BN4O6. The Morgan fingerprint density at radius 3 is 2.56 bits per heavy atom. The Morgan fingerprint density at radius 1 is 1.28 bits per heavy atom. The molecule has 3 aliphatic carbocycles. The molecule has 1 aromatic heterocycles. The van der Waals surface area contributed by atoms with Crippen molar-refractivity contribution in [3.8, 4) is 17.0 Å². The van der Waals surface area contributed by atoms with Gasteiger partial charge in [0.05, 0.1) is 0 Å². The fourth-order valence-electron chi connectivity index (χ4n) is 6.00. The number of primary amides is 1. The number of benzene rings is 1. The molecule has 3 aliphatic rings. The summed E-state index contributed by atoms with van der Waals surface area (Å²) >= 11 is 0. The van der Waals surface area contributed by atoms with Crippen molar-refractivity contribution in [2.24, 2.45) is 24.6 Å². The molecule has 0 bridgehead atoms. The van der Waals surface area contributed by atoms with E-state index in [4.69, 9.17) is 13.2 Å². The minimum absolute atomic E-state index is 0.0726. The summed E-state index contributed by atoms with van der Waals surface area (Å²) in [6.07, 6.45) is 1.92. The van der Waals surface area contributed by atoms with Crippen molar-refractivity contribution in [2.45, 2.75) is 24.9 Å². The zero-order chi connectivity index (χ0) is 26.3. The van der Waals surface area contributed by atoms with Gasteiger partial charge in [-0.25, -0.2) is 0 Å². The fourth-order valence-corrected chi connectivity index (χ4v) is 6.00. The summed E-state index contributed by atoms with van der Waals surface area (Å²) in [6.45, 7) is 0. The second kappa shape index (κ2) is 7.82. The zero-order valence-electron chi connectivity index (χ0n) is 20.1. The standard InChI is InChI=1S/C25H26BN4O6/c1-29(2)15-9-13(14-4-5-28-30(14)3)20(32)18-12(15)7-10-6-11-8-16(31)19(24(27)35)22(26)25(11,36)23(34)17(10)21(18)33/h4-5,9-11,31-33,36H,6-8H2,1-3H3,(H2,27,35)/t10-,11+,25-/m1/s1. The van der Waals surface area contributed by atoms with E-state index in [1.807, 2.05) is 25.1 Å². The van der Waals surface area contributed by atoms with Crippen molar-refractivity contribution >= 4 is 36.1 Å². The average Bonchev–Trinajstić information content (AvgIpc) is 3.21. The Labute approximate surface area is 208 Å². The number of allylic oxidation sites excluding steroid dienone is 1. The third-order valence-electron chi connectivity index (χ3n) is 7.72. The number of aliphatic hydroxyl groups is 3. The summed E-state index contributed by atoms with van der Waals surface area (Å²) in [5, 5.41) is 48.9. The van der Waals surface area contributed by atoms with Gasteiger partial charge in [-0.2, -0.15) is 0 Å². The Bertz CT molecular complexity index is 1440. The number of nitrogens with zero attached hydrogens (tertiary/aromatic N) is 3. The second-order valence-corrected chi connectivity index (χ2v) is 9.88. The molecule has 3 atom stereocenters. The number of aryl methyl sites for hydroxylation is 1. The molecule has 1 radical (unpaired) electrons. The first-order chi connectivity index (χ1) is 16.9. The Morgan fingerprint density at radius 2 is 1.97 bits per heavy atom.